The van der Waals surface area contributed by atoms with Crippen molar-refractivity contribution in [2.45, 2.75) is 26.2 Å². The van der Waals surface area contributed by atoms with E-state index in [2.05, 4.69) is 243 Å². The van der Waals surface area contributed by atoms with E-state index in [-0.39, 0.29) is 5.41 Å². The van der Waals surface area contributed by atoms with Crippen molar-refractivity contribution in [3.05, 3.63) is 229 Å². The first-order valence-corrected chi connectivity index (χ1v) is 20.2. The van der Waals surface area contributed by atoms with Gasteiger partial charge in [-0.15, -0.1) is 0 Å². The predicted molar refractivity (Wildman–Crippen MR) is 246 cm³/mol. The van der Waals surface area contributed by atoms with Crippen LogP contribution in [0.3, 0.4) is 0 Å². The minimum atomic E-state index is -0.242. The van der Waals surface area contributed by atoms with Crippen molar-refractivity contribution in [1.82, 2.24) is 0 Å². The summed E-state index contributed by atoms with van der Waals surface area (Å²) < 4.78 is 0. The van der Waals surface area contributed by atoms with Gasteiger partial charge in [-0.3, -0.25) is 0 Å². The molecule has 2 heteroatoms. The number of benzene rings is 9. The molecule has 0 saturated carbocycles. The molecular weight excluding hydrogens is 701 g/mol. The number of rotatable bonds is 8. The van der Waals surface area contributed by atoms with Crippen molar-refractivity contribution < 1.29 is 0 Å². The fourth-order valence-corrected chi connectivity index (χ4v) is 8.83. The van der Waals surface area contributed by atoms with Gasteiger partial charge >= 0.3 is 0 Å². The summed E-state index contributed by atoms with van der Waals surface area (Å²) in [5.41, 5.74) is 17.9. The number of anilines is 6. The molecule has 58 heavy (non-hydrogen) atoms. The van der Waals surface area contributed by atoms with Gasteiger partial charge in [0.1, 0.15) is 0 Å². The average molecular weight is 745 g/mol. The molecule has 0 radical (unpaired) electrons. The van der Waals surface area contributed by atoms with Gasteiger partial charge in [0.15, 0.2) is 0 Å². The normalized spacial score (nSPS) is 12.5. The van der Waals surface area contributed by atoms with Crippen LogP contribution in [-0.2, 0) is 5.41 Å². The SMILES string of the molecule is Cc1ccc(N(c2ccc3c(c2)C(C)(C)c2cc(N(c4ccc(-c5ccccc5)cc4)c4ccc(-c5ccccc5)cc4)ccc2-3)c2cccc3ccccc23)cc1. The second-order valence-electron chi connectivity index (χ2n) is 15.9. The van der Waals surface area contributed by atoms with Crippen LogP contribution in [0, 0.1) is 6.92 Å². The Kier molecular flexibility index (Phi) is 8.76. The summed E-state index contributed by atoms with van der Waals surface area (Å²) in [6, 6.07) is 77.5. The number of hydrogen-bond donors (Lipinski definition) is 0. The van der Waals surface area contributed by atoms with Gasteiger partial charge in [-0.05, 0) is 124 Å². The van der Waals surface area contributed by atoms with E-state index < -0.39 is 0 Å². The molecule has 9 aromatic rings. The van der Waals surface area contributed by atoms with E-state index in [9.17, 15) is 0 Å². The number of fused-ring (bicyclic) bond motifs is 4. The van der Waals surface area contributed by atoms with Gasteiger partial charge in [-0.2, -0.15) is 0 Å². The molecule has 0 fully saturated rings. The number of hydrogen-bond acceptors (Lipinski definition) is 2. The van der Waals surface area contributed by atoms with Crippen LogP contribution >= 0.6 is 0 Å². The van der Waals surface area contributed by atoms with Crippen LogP contribution in [-0.4, -0.2) is 0 Å². The average Bonchev–Trinajstić information content (AvgIpc) is 3.50. The lowest BCUT2D eigenvalue weighted by atomic mass is 9.82. The van der Waals surface area contributed by atoms with Crippen molar-refractivity contribution in [1.29, 1.82) is 0 Å². The Morgan fingerprint density at radius 1 is 0.345 bits per heavy atom. The molecule has 0 aromatic heterocycles. The van der Waals surface area contributed by atoms with E-state index >= 15 is 0 Å². The van der Waals surface area contributed by atoms with E-state index in [0.29, 0.717) is 0 Å². The summed E-state index contributed by atoms with van der Waals surface area (Å²) in [7, 11) is 0. The van der Waals surface area contributed by atoms with E-state index in [0.717, 1.165) is 28.4 Å². The molecule has 0 bridgehead atoms. The smallest absolute Gasteiger partial charge is 0.0540 e. The van der Waals surface area contributed by atoms with Crippen molar-refractivity contribution in [2.24, 2.45) is 0 Å². The van der Waals surface area contributed by atoms with Crippen LogP contribution in [0.25, 0.3) is 44.2 Å². The zero-order chi connectivity index (χ0) is 39.2. The van der Waals surface area contributed by atoms with Crippen molar-refractivity contribution in [3.8, 4) is 33.4 Å². The number of aryl methyl sites for hydroxylation is 1. The molecule has 0 heterocycles. The van der Waals surface area contributed by atoms with Crippen molar-refractivity contribution in [3.63, 3.8) is 0 Å². The first-order chi connectivity index (χ1) is 28.4. The molecule has 10 rings (SSSR count). The first-order valence-electron chi connectivity index (χ1n) is 20.2. The Balaban J connectivity index is 1.07. The van der Waals surface area contributed by atoms with Gasteiger partial charge < -0.3 is 9.80 Å². The minimum Gasteiger partial charge on any atom is -0.310 e. The molecule has 0 spiro atoms. The maximum atomic E-state index is 2.43. The molecule has 0 aliphatic heterocycles. The molecule has 0 unspecified atom stereocenters. The van der Waals surface area contributed by atoms with E-state index in [1.165, 1.54) is 66.5 Å². The molecule has 0 amide bonds. The first kappa shape index (κ1) is 35.3. The van der Waals surface area contributed by atoms with Gasteiger partial charge in [-0.1, -0.05) is 165 Å². The summed E-state index contributed by atoms with van der Waals surface area (Å²) in [6.07, 6.45) is 0. The molecular formula is C56H44N2. The van der Waals surface area contributed by atoms with Crippen LogP contribution < -0.4 is 9.80 Å². The lowest BCUT2D eigenvalue weighted by Crippen LogP contribution is -2.17. The quantitative estimate of drug-likeness (QED) is 0.153. The molecule has 9 aromatic carbocycles. The molecule has 0 saturated heterocycles. The van der Waals surface area contributed by atoms with Gasteiger partial charge in [0.2, 0.25) is 0 Å². The third kappa shape index (κ3) is 6.24. The minimum absolute atomic E-state index is 0.242. The van der Waals surface area contributed by atoms with Gasteiger partial charge in [-0.25, -0.2) is 0 Å². The van der Waals surface area contributed by atoms with E-state index in [4.69, 9.17) is 0 Å². The van der Waals surface area contributed by atoms with Crippen LogP contribution in [0.2, 0.25) is 0 Å². The monoisotopic (exact) mass is 744 g/mol. The molecule has 0 N–H and O–H groups in total. The van der Waals surface area contributed by atoms with Gasteiger partial charge in [0, 0.05) is 39.2 Å². The highest BCUT2D eigenvalue weighted by atomic mass is 15.1. The zero-order valence-electron chi connectivity index (χ0n) is 33.1. The van der Waals surface area contributed by atoms with Crippen molar-refractivity contribution in [2.75, 3.05) is 9.80 Å². The summed E-state index contributed by atoms with van der Waals surface area (Å²) in [5, 5.41) is 2.46. The fraction of sp³-hybridized carbons (Fsp3) is 0.0714. The second-order valence-corrected chi connectivity index (χ2v) is 15.9. The lowest BCUT2D eigenvalue weighted by Gasteiger charge is -2.30. The maximum Gasteiger partial charge on any atom is 0.0540 e. The van der Waals surface area contributed by atoms with Gasteiger partial charge in [0.25, 0.3) is 0 Å². The van der Waals surface area contributed by atoms with Crippen molar-refractivity contribution >= 4 is 44.9 Å². The molecule has 1 aliphatic carbocycles. The summed E-state index contributed by atoms with van der Waals surface area (Å²) in [5.74, 6) is 0. The van der Waals surface area contributed by atoms with Crippen LogP contribution in [0.15, 0.2) is 212 Å². The Hall–Kier alpha value is -7.16. The summed E-state index contributed by atoms with van der Waals surface area (Å²) >= 11 is 0. The Morgan fingerprint density at radius 2 is 0.759 bits per heavy atom. The third-order valence-electron chi connectivity index (χ3n) is 11.9. The Labute approximate surface area is 341 Å². The molecule has 278 valence electrons. The highest BCUT2D eigenvalue weighted by molar-refractivity contribution is 5.99. The fourth-order valence-electron chi connectivity index (χ4n) is 8.83. The Morgan fingerprint density at radius 3 is 1.31 bits per heavy atom. The van der Waals surface area contributed by atoms with E-state index in [1.807, 2.05) is 0 Å². The Bertz CT molecular complexity index is 2800. The summed E-state index contributed by atoms with van der Waals surface area (Å²) in [4.78, 5) is 4.82. The van der Waals surface area contributed by atoms with E-state index in [1.54, 1.807) is 0 Å². The molecule has 0 atom stereocenters. The van der Waals surface area contributed by atoms with Crippen LogP contribution in [0.5, 0.6) is 0 Å². The topological polar surface area (TPSA) is 6.48 Å². The molecule has 2 nitrogen and oxygen atoms in total. The highest BCUT2D eigenvalue weighted by Crippen LogP contribution is 2.53. The van der Waals surface area contributed by atoms with Crippen LogP contribution in [0.1, 0.15) is 30.5 Å². The largest absolute Gasteiger partial charge is 0.310 e. The van der Waals surface area contributed by atoms with Crippen LogP contribution in [0.4, 0.5) is 34.1 Å². The maximum absolute atomic E-state index is 2.43. The standard InChI is InChI=1S/C56H44N2/c1-39-21-27-47(28-22-39)58(55-20-12-18-44-17-10-11-19-50(44)55)49-34-36-52-51-35-33-48(37-53(51)56(2,3)54(52)38-49)57(45-29-23-42(24-30-45)40-13-6-4-7-14-40)46-31-25-43(26-32-46)41-15-8-5-9-16-41/h4-38H,1-3H3. The molecule has 1 aliphatic rings. The van der Waals surface area contributed by atoms with Gasteiger partial charge in [0.05, 0.1) is 5.69 Å². The second kappa shape index (κ2) is 14.4. The highest BCUT2D eigenvalue weighted by Gasteiger charge is 2.37. The summed E-state index contributed by atoms with van der Waals surface area (Å²) in [6.45, 7) is 6.91. The lowest BCUT2D eigenvalue weighted by molar-refractivity contribution is 0.660. The third-order valence-corrected chi connectivity index (χ3v) is 11.9. The predicted octanol–water partition coefficient (Wildman–Crippen LogP) is 15.7. The number of nitrogens with zero attached hydrogens (tertiary/aromatic N) is 2. The zero-order valence-corrected chi connectivity index (χ0v) is 33.1.